The van der Waals surface area contributed by atoms with Crippen LogP contribution in [0.2, 0.25) is 0 Å². The van der Waals surface area contributed by atoms with E-state index in [9.17, 15) is 0 Å². The summed E-state index contributed by atoms with van der Waals surface area (Å²) in [4.78, 5) is 0.498. The van der Waals surface area contributed by atoms with Gasteiger partial charge in [0.2, 0.25) is 0 Å². The number of benzene rings is 1. The summed E-state index contributed by atoms with van der Waals surface area (Å²) in [6, 6.07) is 4.55. The van der Waals surface area contributed by atoms with E-state index in [4.69, 9.17) is 0 Å². The van der Waals surface area contributed by atoms with Crippen LogP contribution in [0.25, 0.3) is 0 Å². The van der Waals surface area contributed by atoms with Crippen LogP contribution in [-0.2, 0) is 0 Å². The first kappa shape index (κ1) is 12.8. The molecule has 0 aliphatic carbocycles. The Balaban J connectivity index is 3.03. The largest absolute Gasteiger partial charge is 0.0838 e. The molecule has 0 aliphatic rings. The SMILES string of the molecule is Cc1cc(C)c(C(Br)CC(C)C)c(C)c1. The van der Waals surface area contributed by atoms with E-state index in [-0.39, 0.29) is 0 Å². The summed E-state index contributed by atoms with van der Waals surface area (Å²) in [6.45, 7) is 11.1. The maximum atomic E-state index is 3.81. The molecule has 1 unspecified atom stereocenters. The average Bonchev–Trinajstić information content (AvgIpc) is 1.99. The van der Waals surface area contributed by atoms with Crippen LogP contribution in [0.15, 0.2) is 12.1 Å². The van der Waals surface area contributed by atoms with Crippen molar-refractivity contribution in [2.45, 2.75) is 45.9 Å². The highest BCUT2D eigenvalue weighted by molar-refractivity contribution is 9.09. The van der Waals surface area contributed by atoms with Crippen molar-refractivity contribution < 1.29 is 0 Å². The average molecular weight is 269 g/mol. The molecule has 0 N–H and O–H groups in total. The summed E-state index contributed by atoms with van der Waals surface area (Å²) in [6.07, 6.45) is 1.20. The molecular formula is C14H21Br. The van der Waals surface area contributed by atoms with Crippen LogP contribution in [0.3, 0.4) is 0 Å². The topological polar surface area (TPSA) is 0 Å². The number of halogens is 1. The maximum absolute atomic E-state index is 3.81. The van der Waals surface area contributed by atoms with Gasteiger partial charge in [0.15, 0.2) is 0 Å². The lowest BCUT2D eigenvalue weighted by Crippen LogP contribution is -2.01. The van der Waals surface area contributed by atoms with Crippen molar-refractivity contribution in [3.05, 3.63) is 34.4 Å². The summed E-state index contributed by atoms with van der Waals surface area (Å²) < 4.78 is 0. The highest BCUT2D eigenvalue weighted by Crippen LogP contribution is 2.34. The minimum absolute atomic E-state index is 0.498. The van der Waals surface area contributed by atoms with Crippen LogP contribution in [0.4, 0.5) is 0 Å². The van der Waals surface area contributed by atoms with Crippen LogP contribution in [-0.4, -0.2) is 0 Å². The van der Waals surface area contributed by atoms with Gasteiger partial charge >= 0.3 is 0 Å². The van der Waals surface area contributed by atoms with Crippen molar-refractivity contribution in [3.63, 3.8) is 0 Å². The van der Waals surface area contributed by atoms with Gasteiger partial charge in [0.25, 0.3) is 0 Å². The number of aryl methyl sites for hydroxylation is 3. The van der Waals surface area contributed by atoms with Gasteiger partial charge in [0.05, 0.1) is 0 Å². The fraction of sp³-hybridized carbons (Fsp3) is 0.571. The number of hydrogen-bond acceptors (Lipinski definition) is 0. The molecule has 1 rings (SSSR count). The lowest BCUT2D eigenvalue weighted by Gasteiger charge is -2.18. The molecule has 0 bridgehead atoms. The third kappa shape index (κ3) is 3.34. The zero-order valence-corrected chi connectivity index (χ0v) is 12.0. The van der Waals surface area contributed by atoms with Crippen LogP contribution < -0.4 is 0 Å². The number of hydrogen-bond donors (Lipinski definition) is 0. The van der Waals surface area contributed by atoms with Crippen molar-refractivity contribution in [2.75, 3.05) is 0 Å². The van der Waals surface area contributed by atoms with Crippen molar-refractivity contribution in [1.82, 2.24) is 0 Å². The molecule has 84 valence electrons. The van der Waals surface area contributed by atoms with Gasteiger partial charge in [-0.05, 0) is 49.8 Å². The molecule has 0 aromatic heterocycles. The summed E-state index contributed by atoms with van der Waals surface area (Å²) >= 11 is 3.81. The van der Waals surface area contributed by atoms with Gasteiger partial charge in [-0.2, -0.15) is 0 Å². The van der Waals surface area contributed by atoms with Crippen LogP contribution in [0, 0.1) is 26.7 Å². The molecule has 0 heterocycles. The zero-order chi connectivity index (χ0) is 11.6. The number of rotatable bonds is 3. The fourth-order valence-electron chi connectivity index (χ4n) is 2.22. The molecule has 1 aromatic carbocycles. The van der Waals surface area contributed by atoms with Crippen molar-refractivity contribution >= 4 is 15.9 Å². The monoisotopic (exact) mass is 268 g/mol. The van der Waals surface area contributed by atoms with E-state index in [0.717, 1.165) is 5.92 Å². The predicted octanol–water partition coefficient (Wildman–Crippen LogP) is 5.09. The van der Waals surface area contributed by atoms with E-state index in [1.54, 1.807) is 0 Å². The summed E-state index contributed by atoms with van der Waals surface area (Å²) in [5, 5.41) is 0. The Labute approximate surface area is 102 Å². The third-order valence-electron chi connectivity index (χ3n) is 2.73. The highest BCUT2D eigenvalue weighted by atomic mass is 79.9. The van der Waals surface area contributed by atoms with Crippen LogP contribution >= 0.6 is 15.9 Å². The predicted molar refractivity (Wildman–Crippen MR) is 71.8 cm³/mol. The zero-order valence-electron chi connectivity index (χ0n) is 10.4. The standard InChI is InChI=1S/C14H21Br/c1-9(2)6-13(15)14-11(4)7-10(3)8-12(14)5/h7-9,13H,6H2,1-5H3. The van der Waals surface area contributed by atoms with E-state index in [2.05, 4.69) is 62.7 Å². The van der Waals surface area contributed by atoms with Crippen molar-refractivity contribution in [3.8, 4) is 0 Å². The van der Waals surface area contributed by atoms with Gasteiger partial charge in [-0.1, -0.05) is 47.5 Å². The normalized spacial score (nSPS) is 13.3. The quantitative estimate of drug-likeness (QED) is 0.670. The molecule has 15 heavy (non-hydrogen) atoms. The third-order valence-corrected chi connectivity index (χ3v) is 3.56. The first-order chi connectivity index (χ1) is 6.91. The van der Waals surface area contributed by atoms with Gasteiger partial charge in [0.1, 0.15) is 0 Å². The number of alkyl halides is 1. The Morgan fingerprint density at radius 2 is 1.53 bits per heavy atom. The van der Waals surface area contributed by atoms with E-state index in [1.165, 1.54) is 28.7 Å². The van der Waals surface area contributed by atoms with Gasteiger partial charge in [-0.25, -0.2) is 0 Å². The second-order valence-electron chi connectivity index (χ2n) is 4.91. The van der Waals surface area contributed by atoms with Gasteiger partial charge in [-0.15, -0.1) is 0 Å². The molecule has 0 radical (unpaired) electrons. The summed E-state index contributed by atoms with van der Waals surface area (Å²) in [7, 11) is 0. The van der Waals surface area contributed by atoms with Gasteiger partial charge in [-0.3, -0.25) is 0 Å². The lowest BCUT2D eigenvalue weighted by molar-refractivity contribution is 0.581. The molecular weight excluding hydrogens is 248 g/mol. The molecule has 0 nitrogen and oxygen atoms in total. The minimum Gasteiger partial charge on any atom is -0.0838 e. The second kappa shape index (κ2) is 5.16. The lowest BCUT2D eigenvalue weighted by atomic mass is 9.93. The molecule has 1 heteroatoms. The Bertz CT molecular complexity index is 316. The van der Waals surface area contributed by atoms with Crippen LogP contribution in [0.1, 0.15) is 47.3 Å². The second-order valence-corrected chi connectivity index (χ2v) is 6.01. The van der Waals surface area contributed by atoms with E-state index >= 15 is 0 Å². The summed E-state index contributed by atoms with van der Waals surface area (Å²) in [5.74, 6) is 0.731. The molecule has 0 aliphatic heterocycles. The van der Waals surface area contributed by atoms with Gasteiger partial charge < -0.3 is 0 Å². The van der Waals surface area contributed by atoms with E-state index < -0.39 is 0 Å². The molecule has 1 aromatic rings. The Morgan fingerprint density at radius 3 is 1.93 bits per heavy atom. The molecule has 0 amide bonds. The van der Waals surface area contributed by atoms with E-state index in [0.29, 0.717) is 4.83 Å². The van der Waals surface area contributed by atoms with E-state index in [1.807, 2.05) is 0 Å². The molecule has 0 saturated carbocycles. The first-order valence-electron chi connectivity index (χ1n) is 5.63. The maximum Gasteiger partial charge on any atom is 0.0403 e. The molecule has 0 spiro atoms. The van der Waals surface area contributed by atoms with Crippen LogP contribution in [0.5, 0.6) is 0 Å². The smallest absolute Gasteiger partial charge is 0.0403 e. The van der Waals surface area contributed by atoms with Crippen molar-refractivity contribution in [1.29, 1.82) is 0 Å². The Hall–Kier alpha value is -0.300. The molecule has 0 saturated heterocycles. The minimum atomic E-state index is 0.498. The Kier molecular flexibility index (Phi) is 4.39. The van der Waals surface area contributed by atoms with Gasteiger partial charge in [0, 0.05) is 4.83 Å². The first-order valence-corrected chi connectivity index (χ1v) is 6.55. The summed E-state index contributed by atoms with van der Waals surface area (Å²) in [5.41, 5.74) is 5.66. The molecule has 1 atom stereocenters. The molecule has 0 fully saturated rings. The van der Waals surface area contributed by atoms with Crippen molar-refractivity contribution in [2.24, 2.45) is 5.92 Å². The Morgan fingerprint density at radius 1 is 1.07 bits per heavy atom. The fourth-order valence-corrected chi connectivity index (χ4v) is 3.69. The highest BCUT2D eigenvalue weighted by Gasteiger charge is 2.14.